The monoisotopic (exact) mass is 442 g/mol. The Bertz CT molecular complexity index is 1100. The van der Waals surface area contributed by atoms with Gasteiger partial charge in [-0.15, -0.1) is 0 Å². The summed E-state index contributed by atoms with van der Waals surface area (Å²) in [7, 11) is -3.59. The molecular weight excluding hydrogens is 412 g/mol. The van der Waals surface area contributed by atoms with Gasteiger partial charge in [0.05, 0.1) is 4.90 Å². The molecule has 0 spiro atoms. The number of carbonyl (C=O) groups excluding carboxylic acids is 2. The number of nitrogens with zero attached hydrogens (tertiary/aromatic N) is 2. The van der Waals surface area contributed by atoms with Crippen molar-refractivity contribution < 1.29 is 18.0 Å². The fourth-order valence-corrected chi connectivity index (χ4v) is 5.47. The lowest BCUT2D eigenvalue weighted by molar-refractivity contribution is -0.132. The second-order valence-corrected chi connectivity index (χ2v) is 10.2. The number of ketones is 1. The molecule has 0 radical (unpaired) electrons. The number of Topliss-reactive ketones (excluding diaryl/α,β-unsaturated/α-hetero) is 1. The molecule has 31 heavy (non-hydrogen) atoms. The largest absolute Gasteiger partial charge is 0.340 e. The van der Waals surface area contributed by atoms with E-state index >= 15 is 0 Å². The minimum Gasteiger partial charge on any atom is -0.340 e. The maximum Gasteiger partial charge on any atom is 0.243 e. The molecule has 0 saturated carbocycles. The fourth-order valence-electron chi connectivity index (χ4n) is 3.74. The first-order chi connectivity index (χ1) is 14.6. The SMILES string of the molecule is Cc1ccc(C)c(S(=O)(=O)N2CCN(C(=O)CCC(=O)c3ccc(C)c(C)c3)CC2)c1. The summed E-state index contributed by atoms with van der Waals surface area (Å²) in [5.74, 6) is -0.159. The van der Waals surface area contributed by atoms with Gasteiger partial charge in [-0.1, -0.05) is 24.3 Å². The molecule has 1 amide bonds. The Hall–Kier alpha value is -2.51. The van der Waals surface area contributed by atoms with Crippen molar-refractivity contribution in [2.24, 2.45) is 0 Å². The first-order valence-corrected chi connectivity index (χ1v) is 12.0. The van der Waals surface area contributed by atoms with Crippen LogP contribution in [0.2, 0.25) is 0 Å². The molecular formula is C24H30N2O4S. The third-order valence-electron chi connectivity index (χ3n) is 5.95. The molecule has 0 aromatic heterocycles. The lowest BCUT2D eigenvalue weighted by atomic mass is 10.0. The van der Waals surface area contributed by atoms with Crippen molar-refractivity contribution in [2.75, 3.05) is 26.2 Å². The minimum atomic E-state index is -3.59. The van der Waals surface area contributed by atoms with Gasteiger partial charge in [0.25, 0.3) is 0 Å². The minimum absolute atomic E-state index is 0.0485. The number of aryl methyl sites for hydroxylation is 4. The summed E-state index contributed by atoms with van der Waals surface area (Å²) in [6.45, 7) is 8.80. The average molecular weight is 443 g/mol. The van der Waals surface area contributed by atoms with Crippen LogP contribution in [0.4, 0.5) is 0 Å². The molecule has 1 heterocycles. The van der Waals surface area contributed by atoms with E-state index in [2.05, 4.69) is 0 Å². The van der Waals surface area contributed by atoms with Crippen LogP contribution in [0.3, 0.4) is 0 Å². The van der Waals surface area contributed by atoms with Gasteiger partial charge in [-0.25, -0.2) is 8.42 Å². The summed E-state index contributed by atoms with van der Waals surface area (Å²) >= 11 is 0. The fraction of sp³-hybridized carbons (Fsp3) is 0.417. The number of carbonyl (C=O) groups is 2. The Morgan fingerprint density at radius 1 is 0.806 bits per heavy atom. The quantitative estimate of drug-likeness (QED) is 0.643. The maximum atomic E-state index is 13.0. The van der Waals surface area contributed by atoms with Crippen LogP contribution in [0.25, 0.3) is 0 Å². The summed E-state index contributed by atoms with van der Waals surface area (Å²) in [6, 6.07) is 11.0. The molecule has 2 aromatic rings. The summed E-state index contributed by atoms with van der Waals surface area (Å²) < 4.78 is 27.5. The molecule has 1 aliphatic heterocycles. The highest BCUT2D eigenvalue weighted by Crippen LogP contribution is 2.23. The van der Waals surface area contributed by atoms with Crippen LogP contribution in [-0.2, 0) is 14.8 Å². The van der Waals surface area contributed by atoms with Crippen molar-refractivity contribution in [2.45, 2.75) is 45.4 Å². The Labute approximate surface area is 184 Å². The number of sulfonamides is 1. The van der Waals surface area contributed by atoms with Crippen molar-refractivity contribution in [3.05, 3.63) is 64.2 Å². The van der Waals surface area contributed by atoms with Gasteiger partial charge in [0.2, 0.25) is 15.9 Å². The van der Waals surface area contributed by atoms with Gasteiger partial charge in [-0.2, -0.15) is 4.31 Å². The number of hydrogen-bond donors (Lipinski definition) is 0. The van der Waals surface area contributed by atoms with Crippen LogP contribution in [-0.4, -0.2) is 55.5 Å². The van der Waals surface area contributed by atoms with Gasteiger partial charge < -0.3 is 4.90 Å². The van der Waals surface area contributed by atoms with Gasteiger partial charge in [0.1, 0.15) is 0 Å². The third-order valence-corrected chi connectivity index (χ3v) is 7.99. The molecule has 0 aliphatic carbocycles. The molecule has 7 heteroatoms. The van der Waals surface area contributed by atoms with Gasteiger partial charge >= 0.3 is 0 Å². The highest BCUT2D eigenvalue weighted by atomic mass is 32.2. The highest BCUT2D eigenvalue weighted by molar-refractivity contribution is 7.89. The zero-order chi connectivity index (χ0) is 22.8. The van der Waals surface area contributed by atoms with E-state index in [0.29, 0.717) is 29.1 Å². The summed E-state index contributed by atoms with van der Waals surface area (Å²) in [6.07, 6.45) is 0.290. The lowest BCUT2D eigenvalue weighted by Gasteiger charge is -2.34. The van der Waals surface area contributed by atoms with Crippen molar-refractivity contribution in [3.8, 4) is 0 Å². The van der Waals surface area contributed by atoms with Gasteiger partial charge in [0.15, 0.2) is 5.78 Å². The molecule has 1 aliphatic rings. The smallest absolute Gasteiger partial charge is 0.243 e. The van der Waals surface area contributed by atoms with E-state index in [9.17, 15) is 18.0 Å². The first kappa shape index (κ1) is 23.2. The second kappa shape index (κ2) is 9.32. The molecule has 0 unspecified atom stereocenters. The zero-order valence-electron chi connectivity index (χ0n) is 18.6. The lowest BCUT2D eigenvalue weighted by Crippen LogP contribution is -2.50. The Morgan fingerprint density at radius 3 is 2.10 bits per heavy atom. The van der Waals surface area contributed by atoms with Crippen LogP contribution in [0.5, 0.6) is 0 Å². The zero-order valence-corrected chi connectivity index (χ0v) is 19.5. The molecule has 0 N–H and O–H groups in total. The Balaban J connectivity index is 1.56. The molecule has 1 saturated heterocycles. The van der Waals surface area contributed by atoms with Crippen molar-refractivity contribution >= 4 is 21.7 Å². The van der Waals surface area contributed by atoms with Gasteiger partial charge in [-0.05, 0) is 62.1 Å². The molecule has 1 fully saturated rings. The van der Waals surface area contributed by atoms with E-state index in [4.69, 9.17) is 0 Å². The average Bonchev–Trinajstić information content (AvgIpc) is 2.75. The van der Waals surface area contributed by atoms with Crippen molar-refractivity contribution in [1.82, 2.24) is 9.21 Å². The van der Waals surface area contributed by atoms with E-state index in [0.717, 1.165) is 16.7 Å². The normalized spacial score (nSPS) is 15.2. The number of benzene rings is 2. The molecule has 6 nitrogen and oxygen atoms in total. The third kappa shape index (κ3) is 5.22. The Morgan fingerprint density at radius 2 is 1.45 bits per heavy atom. The van der Waals surface area contributed by atoms with Crippen molar-refractivity contribution in [3.63, 3.8) is 0 Å². The van der Waals surface area contributed by atoms with E-state index in [1.807, 2.05) is 45.0 Å². The van der Waals surface area contributed by atoms with Crippen LogP contribution >= 0.6 is 0 Å². The molecule has 0 bridgehead atoms. The van der Waals surface area contributed by atoms with Crippen LogP contribution in [0.1, 0.15) is 45.5 Å². The highest BCUT2D eigenvalue weighted by Gasteiger charge is 2.31. The predicted molar refractivity (Wildman–Crippen MR) is 121 cm³/mol. The van der Waals surface area contributed by atoms with Gasteiger partial charge in [0, 0.05) is 44.6 Å². The molecule has 2 aromatic carbocycles. The summed E-state index contributed by atoms with van der Waals surface area (Å²) in [5.41, 5.74) is 4.42. The second-order valence-electron chi connectivity index (χ2n) is 8.28. The van der Waals surface area contributed by atoms with Crippen LogP contribution in [0, 0.1) is 27.7 Å². The molecule has 0 atom stereocenters. The van der Waals surface area contributed by atoms with E-state index in [1.54, 1.807) is 24.0 Å². The maximum absolute atomic E-state index is 13.0. The van der Waals surface area contributed by atoms with Crippen LogP contribution in [0.15, 0.2) is 41.3 Å². The summed E-state index contributed by atoms with van der Waals surface area (Å²) in [5, 5.41) is 0. The number of piperazine rings is 1. The number of amides is 1. The Kier molecular flexibility index (Phi) is 6.96. The topological polar surface area (TPSA) is 74.8 Å². The molecule has 166 valence electrons. The van der Waals surface area contributed by atoms with E-state index < -0.39 is 10.0 Å². The number of hydrogen-bond acceptors (Lipinski definition) is 4. The van der Waals surface area contributed by atoms with Crippen LogP contribution < -0.4 is 0 Å². The first-order valence-electron chi connectivity index (χ1n) is 10.5. The van der Waals surface area contributed by atoms with E-state index in [-0.39, 0.29) is 37.6 Å². The predicted octanol–water partition coefficient (Wildman–Crippen LogP) is 3.42. The number of rotatable bonds is 6. The molecule has 3 rings (SSSR count). The summed E-state index contributed by atoms with van der Waals surface area (Å²) in [4.78, 5) is 27.0. The van der Waals surface area contributed by atoms with Crippen molar-refractivity contribution in [1.29, 1.82) is 0 Å². The standard InChI is InChI=1S/C24H30N2O4S/c1-17-5-6-19(3)23(15-17)31(29,30)26-13-11-25(12-14-26)24(28)10-9-22(27)21-8-7-18(2)20(4)16-21/h5-8,15-16H,9-14H2,1-4H3. The van der Waals surface area contributed by atoms with E-state index in [1.165, 1.54) is 4.31 Å². The van der Waals surface area contributed by atoms with Gasteiger partial charge in [-0.3, -0.25) is 9.59 Å².